The molecule has 2 bridgehead atoms. The maximum Gasteiger partial charge on any atom is 0.243 e. The van der Waals surface area contributed by atoms with E-state index >= 15 is 0 Å². The Labute approximate surface area is 191 Å². The molecule has 6 heteroatoms. The van der Waals surface area contributed by atoms with Crippen LogP contribution < -0.4 is 4.74 Å². The van der Waals surface area contributed by atoms with E-state index in [-0.39, 0.29) is 13.5 Å². The third-order valence-electron chi connectivity index (χ3n) is 6.70. The molecule has 1 aromatic heterocycles. The zero-order valence-electron chi connectivity index (χ0n) is 18.3. The molecular weight excluding hydrogens is 420 g/mol. The number of benzene rings is 2. The van der Waals surface area contributed by atoms with Gasteiger partial charge in [-0.1, -0.05) is 44.5 Å². The minimum absolute atomic E-state index is 0. The molecule has 2 unspecified atom stereocenters. The minimum atomic E-state index is -3.59. The van der Waals surface area contributed by atoms with E-state index in [0.717, 1.165) is 48.4 Å². The molecule has 2 radical (unpaired) electrons. The predicted octanol–water partition coefficient (Wildman–Crippen LogP) is 5.48. The normalized spacial score (nSPS) is 21.5. The van der Waals surface area contributed by atoms with Crippen LogP contribution in [0.3, 0.4) is 0 Å². The molecule has 2 atom stereocenters. The van der Waals surface area contributed by atoms with E-state index in [4.69, 9.17) is 4.74 Å². The molecule has 1 saturated carbocycles. The standard InChI is InChI=1S/C25H28N2O3S.CH2/c28-31(29,27-14-4-6-19-5-3-8-22(27)15-19)23-16-21-7-1-2-9-24(21)25(17-23)30-18-20-10-12-26-13-11-20;/h1-2,7,9-13,16-17,19,22H,3-6,8,14-15,18H2;1H2. The van der Waals surface area contributed by atoms with Crippen LogP contribution in [-0.4, -0.2) is 30.3 Å². The summed E-state index contributed by atoms with van der Waals surface area (Å²) in [6.45, 7) is 0.980. The summed E-state index contributed by atoms with van der Waals surface area (Å²) >= 11 is 0. The van der Waals surface area contributed by atoms with Crippen LogP contribution in [-0.2, 0) is 16.6 Å². The molecule has 2 aromatic carbocycles. The Morgan fingerprint density at radius 2 is 1.78 bits per heavy atom. The van der Waals surface area contributed by atoms with E-state index in [1.807, 2.05) is 36.4 Å². The highest BCUT2D eigenvalue weighted by atomic mass is 32.2. The molecule has 1 aliphatic heterocycles. The molecule has 0 amide bonds. The maximum atomic E-state index is 13.8. The number of pyridine rings is 1. The lowest BCUT2D eigenvalue weighted by atomic mass is 9.84. The van der Waals surface area contributed by atoms with E-state index < -0.39 is 10.0 Å². The smallest absolute Gasteiger partial charge is 0.243 e. The maximum absolute atomic E-state index is 13.8. The number of fused-ring (bicyclic) bond motifs is 3. The van der Waals surface area contributed by atoms with Crippen molar-refractivity contribution in [2.75, 3.05) is 6.54 Å². The molecule has 32 heavy (non-hydrogen) atoms. The molecule has 0 spiro atoms. The molecule has 0 N–H and O–H groups in total. The Bertz CT molecular complexity index is 1160. The van der Waals surface area contributed by atoms with Crippen molar-refractivity contribution in [3.05, 3.63) is 73.9 Å². The van der Waals surface area contributed by atoms with Gasteiger partial charge in [0.15, 0.2) is 0 Å². The summed E-state index contributed by atoms with van der Waals surface area (Å²) in [5, 5.41) is 1.80. The summed E-state index contributed by atoms with van der Waals surface area (Å²) in [6.07, 6.45) is 9.88. The lowest BCUT2D eigenvalue weighted by molar-refractivity contribution is 0.238. The number of rotatable bonds is 5. The zero-order chi connectivity index (χ0) is 21.3. The molecular formula is C26H30N2O3S. The second-order valence-electron chi connectivity index (χ2n) is 8.73. The van der Waals surface area contributed by atoms with E-state index in [9.17, 15) is 8.42 Å². The highest BCUT2D eigenvalue weighted by molar-refractivity contribution is 7.89. The fraction of sp³-hybridized carbons (Fsp3) is 0.385. The zero-order valence-corrected chi connectivity index (χ0v) is 19.1. The van der Waals surface area contributed by atoms with Gasteiger partial charge in [-0.25, -0.2) is 8.42 Å². The fourth-order valence-electron chi connectivity index (χ4n) is 5.11. The van der Waals surface area contributed by atoms with Crippen molar-refractivity contribution >= 4 is 20.8 Å². The van der Waals surface area contributed by atoms with Crippen LogP contribution in [0.15, 0.2) is 65.8 Å². The molecule has 5 nitrogen and oxygen atoms in total. The number of ether oxygens (including phenoxy) is 1. The van der Waals surface area contributed by atoms with Gasteiger partial charge < -0.3 is 4.74 Å². The summed E-state index contributed by atoms with van der Waals surface area (Å²) in [4.78, 5) is 4.37. The summed E-state index contributed by atoms with van der Waals surface area (Å²) in [6, 6.07) is 15.3. The fourth-order valence-corrected chi connectivity index (χ4v) is 6.87. The first-order chi connectivity index (χ1) is 15.1. The number of hydrogen-bond donors (Lipinski definition) is 0. The van der Waals surface area contributed by atoms with Gasteiger partial charge in [0, 0.05) is 36.4 Å². The van der Waals surface area contributed by atoms with Crippen molar-refractivity contribution < 1.29 is 13.2 Å². The van der Waals surface area contributed by atoms with Crippen molar-refractivity contribution in [3.8, 4) is 5.75 Å². The van der Waals surface area contributed by atoms with Gasteiger partial charge in [-0.15, -0.1) is 0 Å². The van der Waals surface area contributed by atoms with Gasteiger partial charge in [-0.3, -0.25) is 4.98 Å². The van der Waals surface area contributed by atoms with Crippen molar-refractivity contribution in [2.24, 2.45) is 5.92 Å². The van der Waals surface area contributed by atoms with Gasteiger partial charge in [0.2, 0.25) is 10.0 Å². The highest BCUT2D eigenvalue weighted by Gasteiger charge is 2.37. The first-order valence-electron chi connectivity index (χ1n) is 11.2. The molecule has 3 aromatic rings. The van der Waals surface area contributed by atoms with Crippen molar-refractivity contribution in [2.45, 2.75) is 56.1 Å². The summed E-state index contributed by atoms with van der Waals surface area (Å²) in [7, 11) is -3.59. The molecule has 2 aliphatic rings. The van der Waals surface area contributed by atoms with Crippen LogP contribution in [0.5, 0.6) is 5.75 Å². The van der Waals surface area contributed by atoms with Crippen LogP contribution in [0.2, 0.25) is 0 Å². The van der Waals surface area contributed by atoms with Gasteiger partial charge >= 0.3 is 0 Å². The molecule has 2 fully saturated rings. The first kappa shape index (κ1) is 22.7. The van der Waals surface area contributed by atoms with Crippen LogP contribution in [0.25, 0.3) is 10.8 Å². The molecule has 1 saturated heterocycles. The third-order valence-corrected chi connectivity index (χ3v) is 8.63. The summed E-state index contributed by atoms with van der Waals surface area (Å²) in [5.74, 6) is 1.28. The lowest BCUT2D eigenvalue weighted by Gasteiger charge is -2.33. The number of sulfonamides is 1. The van der Waals surface area contributed by atoms with Gasteiger partial charge in [-0.05, 0) is 60.7 Å². The van der Waals surface area contributed by atoms with Crippen molar-refractivity contribution in [1.29, 1.82) is 0 Å². The topological polar surface area (TPSA) is 59.5 Å². The quantitative estimate of drug-likeness (QED) is 0.516. The molecule has 1 aliphatic carbocycles. The van der Waals surface area contributed by atoms with E-state index in [1.54, 1.807) is 28.8 Å². The second kappa shape index (κ2) is 9.59. The summed E-state index contributed by atoms with van der Waals surface area (Å²) < 4.78 is 35.4. The van der Waals surface area contributed by atoms with Crippen LogP contribution in [0, 0.1) is 13.3 Å². The SMILES string of the molecule is O=S(=O)(c1cc(OCc2ccncc2)c2ccccc2c1)N1CCCC2CCCC1C2.[CH2]. The Kier molecular flexibility index (Phi) is 6.82. The number of aromatic nitrogens is 1. The summed E-state index contributed by atoms with van der Waals surface area (Å²) in [5.41, 5.74) is 0.994. The third kappa shape index (κ3) is 4.52. The Morgan fingerprint density at radius 3 is 2.62 bits per heavy atom. The van der Waals surface area contributed by atoms with E-state index in [2.05, 4.69) is 4.98 Å². The van der Waals surface area contributed by atoms with Crippen LogP contribution >= 0.6 is 0 Å². The van der Waals surface area contributed by atoms with Gasteiger partial charge in [-0.2, -0.15) is 4.31 Å². The van der Waals surface area contributed by atoms with Crippen LogP contribution in [0.1, 0.15) is 44.1 Å². The van der Waals surface area contributed by atoms with Gasteiger partial charge in [0.1, 0.15) is 12.4 Å². The second-order valence-corrected chi connectivity index (χ2v) is 10.6. The van der Waals surface area contributed by atoms with Crippen LogP contribution in [0.4, 0.5) is 0 Å². The largest absolute Gasteiger partial charge is 0.488 e. The Morgan fingerprint density at radius 1 is 1.00 bits per heavy atom. The lowest BCUT2D eigenvalue weighted by Crippen LogP contribution is -2.41. The van der Waals surface area contributed by atoms with Crippen molar-refractivity contribution in [1.82, 2.24) is 9.29 Å². The number of nitrogens with zero attached hydrogens (tertiary/aromatic N) is 2. The predicted molar refractivity (Wildman–Crippen MR) is 127 cm³/mol. The van der Waals surface area contributed by atoms with Gasteiger partial charge in [0.25, 0.3) is 0 Å². The minimum Gasteiger partial charge on any atom is -0.488 e. The number of hydrogen-bond acceptors (Lipinski definition) is 4. The average Bonchev–Trinajstić information content (AvgIpc) is 2.95. The Balaban J connectivity index is 0.00000245. The Hall–Kier alpha value is -2.44. The molecule has 2 heterocycles. The van der Waals surface area contributed by atoms with Gasteiger partial charge in [0.05, 0.1) is 4.90 Å². The van der Waals surface area contributed by atoms with E-state index in [0.29, 0.717) is 29.7 Å². The highest BCUT2D eigenvalue weighted by Crippen LogP contribution is 2.38. The average molecular weight is 451 g/mol. The van der Waals surface area contributed by atoms with Crippen molar-refractivity contribution in [3.63, 3.8) is 0 Å². The van der Waals surface area contributed by atoms with E-state index in [1.165, 1.54) is 6.42 Å². The first-order valence-corrected chi connectivity index (χ1v) is 12.6. The molecule has 5 rings (SSSR count). The monoisotopic (exact) mass is 450 g/mol. The molecule has 168 valence electrons.